The number of carboxylic acids is 1. The van der Waals surface area contributed by atoms with Crippen LogP contribution in [0.5, 0.6) is 0 Å². The first kappa shape index (κ1) is 9.98. The lowest BCUT2D eigenvalue weighted by Gasteiger charge is -2.36. The fourth-order valence-electron chi connectivity index (χ4n) is 1.43. The SMILES string of the molecule is CC(=O)N1CCN(C)[C@@H](C(=O)O)C1. The Labute approximate surface area is 76.9 Å². The normalized spacial score (nSPS) is 24.5. The molecule has 1 aliphatic heterocycles. The third-order valence-electron chi connectivity index (χ3n) is 2.38. The summed E-state index contributed by atoms with van der Waals surface area (Å²) >= 11 is 0. The molecule has 5 nitrogen and oxygen atoms in total. The van der Waals surface area contributed by atoms with E-state index in [-0.39, 0.29) is 5.91 Å². The first-order valence-corrected chi connectivity index (χ1v) is 4.21. The summed E-state index contributed by atoms with van der Waals surface area (Å²) < 4.78 is 0. The molecule has 0 spiro atoms. The quantitative estimate of drug-likeness (QED) is 0.584. The Balaban J connectivity index is 2.63. The van der Waals surface area contributed by atoms with E-state index in [9.17, 15) is 9.59 Å². The van der Waals surface area contributed by atoms with Crippen molar-refractivity contribution in [2.45, 2.75) is 13.0 Å². The average molecular weight is 186 g/mol. The summed E-state index contributed by atoms with van der Waals surface area (Å²) in [5.41, 5.74) is 0. The number of hydrogen-bond donors (Lipinski definition) is 1. The van der Waals surface area contributed by atoms with Gasteiger partial charge in [0.15, 0.2) is 0 Å². The molecule has 0 aliphatic carbocycles. The van der Waals surface area contributed by atoms with Crippen LogP contribution in [-0.4, -0.2) is 59.5 Å². The highest BCUT2D eigenvalue weighted by molar-refractivity contribution is 5.77. The van der Waals surface area contributed by atoms with E-state index < -0.39 is 12.0 Å². The summed E-state index contributed by atoms with van der Waals surface area (Å²) in [5, 5.41) is 8.83. The van der Waals surface area contributed by atoms with Crippen LogP contribution in [0.4, 0.5) is 0 Å². The smallest absolute Gasteiger partial charge is 0.322 e. The molecule has 0 unspecified atom stereocenters. The van der Waals surface area contributed by atoms with Crippen LogP contribution in [-0.2, 0) is 9.59 Å². The molecule has 1 saturated heterocycles. The topological polar surface area (TPSA) is 60.9 Å². The van der Waals surface area contributed by atoms with Gasteiger partial charge in [-0.25, -0.2) is 0 Å². The summed E-state index contributed by atoms with van der Waals surface area (Å²) in [4.78, 5) is 25.1. The van der Waals surface area contributed by atoms with Crippen LogP contribution in [0.25, 0.3) is 0 Å². The fraction of sp³-hybridized carbons (Fsp3) is 0.750. The van der Waals surface area contributed by atoms with E-state index in [0.29, 0.717) is 19.6 Å². The van der Waals surface area contributed by atoms with E-state index in [2.05, 4.69) is 0 Å². The minimum Gasteiger partial charge on any atom is -0.480 e. The summed E-state index contributed by atoms with van der Waals surface area (Å²) in [5.74, 6) is -0.923. The second-order valence-electron chi connectivity index (χ2n) is 3.30. The molecule has 1 heterocycles. The Morgan fingerprint density at radius 3 is 2.46 bits per heavy atom. The maximum Gasteiger partial charge on any atom is 0.322 e. The van der Waals surface area contributed by atoms with Gasteiger partial charge in [-0.05, 0) is 7.05 Å². The van der Waals surface area contributed by atoms with Crippen LogP contribution in [0.2, 0.25) is 0 Å². The van der Waals surface area contributed by atoms with Gasteiger partial charge in [0.05, 0.1) is 0 Å². The molecule has 1 N–H and O–H groups in total. The van der Waals surface area contributed by atoms with Crippen LogP contribution in [0.1, 0.15) is 6.92 Å². The molecule has 1 atom stereocenters. The van der Waals surface area contributed by atoms with Crippen molar-refractivity contribution in [3.05, 3.63) is 0 Å². The van der Waals surface area contributed by atoms with E-state index in [1.165, 1.54) is 6.92 Å². The Kier molecular flexibility index (Phi) is 2.87. The van der Waals surface area contributed by atoms with Crippen LogP contribution >= 0.6 is 0 Å². The maximum absolute atomic E-state index is 11.0. The number of likely N-dealkylation sites (N-methyl/N-ethyl adjacent to an activating group) is 1. The highest BCUT2D eigenvalue weighted by Gasteiger charge is 2.30. The first-order valence-electron chi connectivity index (χ1n) is 4.21. The average Bonchev–Trinajstić information content (AvgIpc) is 2.04. The first-order chi connectivity index (χ1) is 6.02. The number of carbonyl (C=O) groups excluding carboxylic acids is 1. The van der Waals surface area contributed by atoms with Crippen molar-refractivity contribution < 1.29 is 14.7 Å². The minimum atomic E-state index is -0.867. The van der Waals surface area contributed by atoms with E-state index in [4.69, 9.17) is 5.11 Å². The third-order valence-corrected chi connectivity index (χ3v) is 2.38. The van der Waals surface area contributed by atoms with E-state index in [0.717, 1.165) is 0 Å². The lowest BCUT2D eigenvalue weighted by atomic mass is 10.2. The highest BCUT2D eigenvalue weighted by atomic mass is 16.4. The number of carboxylic acid groups (broad SMARTS) is 1. The number of nitrogens with zero attached hydrogens (tertiary/aromatic N) is 2. The van der Waals surface area contributed by atoms with E-state index in [1.807, 2.05) is 0 Å². The van der Waals surface area contributed by atoms with Crippen molar-refractivity contribution in [2.75, 3.05) is 26.7 Å². The molecule has 0 aromatic rings. The van der Waals surface area contributed by atoms with Crippen LogP contribution in [0.15, 0.2) is 0 Å². The van der Waals surface area contributed by atoms with Gasteiger partial charge in [0.2, 0.25) is 5.91 Å². The summed E-state index contributed by atoms with van der Waals surface area (Å²) in [6.07, 6.45) is 0. The molecule has 5 heteroatoms. The predicted octanol–water partition coefficient (Wildman–Crippen LogP) is -0.766. The van der Waals surface area contributed by atoms with Crippen LogP contribution < -0.4 is 0 Å². The van der Waals surface area contributed by atoms with Crippen molar-refractivity contribution in [1.29, 1.82) is 0 Å². The zero-order valence-corrected chi connectivity index (χ0v) is 7.86. The lowest BCUT2D eigenvalue weighted by molar-refractivity contribution is -0.147. The molecule has 1 aliphatic rings. The molecule has 1 amide bonds. The summed E-state index contributed by atoms with van der Waals surface area (Å²) in [6.45, 7) is 3.00. The number of carbonyl (C=O) groups is 2. The number of aliphatic carboxylic acids is 1. The second kappa shape index (κ2) is 3.74. The van der Waals surface area contributed by atoms with Gasteiger partial charge in [-0.15, -0.1) is 0 Å². The summed E-state index contributed by atoms with van der Waals surface area (Å²) in [7, 11) is 1.76. The molecule has 13 heavy (non-hydrogen) atoms. The zero-order valence-electron chi connectivity index (χ0n) is 7.86. The van der Waals surface area contributed by atoms with Crippen molar-refractivity contribution in [3.63, 3.8) is 0 Å². The van der Waals surface area contributed by atoms with Crippen LogP contribution in [0.3, 0.4) is 0 Å². The largest absolute Gasteiger partial charge is 0.480 e. The maximum atomic E-state index is 11.0. The van der Waals surface area contributed by atoms with E-state index >= 15 is 0 Å². The molecule has 74 valence electrons. The monoisotopic (exact) mass is 186 g/mol. The number of amides is 1. The van der Waals surface area contributed by atoms with E-state index in [1.54, 1.807) is 16.8 Å². The van der Waals surface area contributed by atoms with Gasteiger partial charge >= 0.3 is 5.97 Å². The Morgan fingerprint density at radius 1 is 1.38 bits per heavy atom. The van der Waals surface area contributed by atoms with Crippen molar-refractivity contribution in [2.24, 2.45) is 0 Å². The van der Waals surface area contributed by atoms with Gasteiger partial charge in [-0.3, -0.25) is 14.5 Å². The van der Waals surface area contributed by atoms with Gasteiger partial charge in [0.25, 0.3) is 0 Å². The van der Waals surface area contributed by atoms with Crippen molar-refractivity contribution in [3.8, 4) is 0 Å². The molecular weight excluding hydrogens is 172 g/mol. The Morgan fingerprint density at radius 2 is 2.00 bits per heavy atom. The minimum absolute atomic E-state index is 0.0562. The molecule has 1 fully saturated rings. The number of hydrogen-bond acceptors (Lipinski definition) is 3. The highest BCUT2D eigenvalue weighted by Crippen LogP contribution is 2.07. The zero-order chi connectivity index (χ0) is 10.0. The number of rotatable bonds is 1. The second-order valence-corrected chi connectivity index (χ2v) is 3.30. The van der Waals surface area contributed by atoms with Gasteiger partial charge in [0, 0.05) is 26.6 Å². The molecule has 0 saturated carbocycles. The van der Waals surface area contributed by atoms with Gasteiger partial charge < -0.3 is 10.0 Å². The third kappa shape index (κ3) is 2.18. The fourth-order valence-corrected chi connectivity index (χ4v) is 1.43. The molecular formula is C8H14N2O3. The van der Waals surface area contributed by atoms with Crippen molar-refractivity contribution in [1.82, 2.24) is 9.80 Å². The van der Waals surface area contributed by atoms with Gasteiger partial charge in [0.1, 0.15) is 6.04 Å². The van der Waals surface area contributed by atoms with Crippen molar-refractivity contribution >= 4 is 11.9 Å². The Bertz CT molecular complexity index is 229. The predicted molar refractivity (Wildman–Crippen MR) is 46.3 cm³/mol. The molecule has 1 rings (SSSR count). The lowest BCUT2D eigenvalue weighted by Crippen LogP contribution is -2.55. The molecule has 0 bridgehead atoms. The molecule has 0 aromatic heterocycles. The molecule has 0 radical (unpaired) electrons. The van der Waals surface area contributed by atoms with Gasteiger partial charge in [-0.1, -0.05) is 0 Å². The Hall–Kier alpha value is -1.10. The standard InChI is InChI=1S/C8H14N2O3/c1-6(11)10-4-3-9(2)7(5-10)8(12)13/h7H,3-5H2,1-2H3,(H,12,13)/t7-/m1/s1. The van der Waals surface area contributed by atoms with Crippen LogP contribution in [0, 0.1) is 0 Å². The number of piperazine rings is 1. The summed E-state index contributed by atoms with van der Waals surface area (Å²) in [6, 6.07) is -0.558. The molecule has 0 aromatic carbocycles. The van der Waals surface area contributed by atoms with Gasteiger partial charge in [-0.2, -0.15) is 0 Å².